The van der Waals surface area contributed by atoms with E-state index < -0.39 is 0 Å². The van der Waals surface area contributed by atoms with Gasteiger partial charge in [-0.2, -0.15) is 0 Å². The van der Waals surface area contributed by atoms with E-state index in [1.165, 1.54) is 12.1 Å². The van der Waals surface area contributed by atoms with Crippen molar-refractivity contribution in [2.24, 2.45) is 0 Å². The Bertz CT molecular complexity index is 572. The summed E-state index contributed by atoms with van der Waals surface area (Å²) in [5, 5.41) is 3.76. The molecule has 0 radical (unpaired) electrons. The SMILES string of the molecule is O=C(Cn1ccc2cc(F)ccc21)NC1CC1. The average Bonchev–Trinajstić information content (AvgIpc) is 3.01. The molecule has 0 saturated heterocycles. The number of rotatable bonds is 3. The van der Waals surface area contributed by atoms with Crippen molar-refractivity contribution in [3.63, 3.8) is 0 Å². The Morgan fingerprint density at radius 2 is 2.24 bits per heavy atom. The molecule has 1 aliphatic carbocycles. The van der Waals surface area contributed by atoms with E-state index in [2.05, 4.69) is 5.32 Å². The summed E-state index contributed by atoms with van der Waals surface area (Å²) in [5.74, 6) is -0.230. The van der Waals surface area contributed by atoms with Gasteiger partial charge in [-0.05, 0) is 37.1 Å². The van der Waals surface area contributed by atoms with E-state index in [-0.39, 0.29) is 11.7 Å². The zero-order valence-electron chi connectivity index (χ0n) is 9.32. The van der Waals surface area contributed by atoms with Crippen LogP contribution in [0, 0.1) is 5.82 Å². The maximum atomic E-state index is 13.0. The molecule has 4 heteroatoms. The number of nitrogens with zero attached hydrogens (tertiary/aromatic N) is 1. The van der Waals surface area contributed by atoms with Gasteiger partial charge in [0.25, 0.3) is 0 Å². The molecule has 88 valence electrons. The Kier molecular flexibility index (Phi) is 2.35. The van der Waals surface area contributed by atoms with Crippen LogP contribution in [0.3, 0.4) is 0 Å². The van der Waals surface area contributed by atoms with Gasteiger partial charge >= 0.3 is 0 Å². The Labute approximate surface area is 98.2 Å². The third-order valence-corrected chi connectivity index (χ3v) is 2.99. The predicted molar refractivity (Wildman–Crippen MR) is 63.1 cm³/mol. The monoisotopic (exact) mass is 232 g/mol. The minimum atomic E-state index is -0.252. The van der Waals surface area contributed by atoms with Gasteiger partial charge in [0.2, 0.25) is 5.91 Å². The van der Waals surface area contributed by atoms with Crippen molar-refractivity contribution in [3.8, 4) is 0 Å². The molecule has 0 unspecified atom stereocenters. The second-order valence-electron chi connectivity index (χ2n) is 4.49. The Hall–Kier alpha value is -1.84. The van der Waals surface area contributed by atoms with Crippen LogP contribution in [0.15, 0.2) is 30.5 Å². The molecule has 1 fully saturated rings. The number of fused-ring (bicyclic) bond motifs is 1. The molecule has 0 atom stereocenters. The summed E-state index contributed by atoms with van der Waals surface area (Å²) < 4.78 is 14.8. The second-order valence-corrected chi connectivity index (χ2v) is 4.49. The maximum absolute atomic E-state index is 13.0. The molecule has 1 aliphatic rings. The first-order valence-corrected chi connectivity index (χ1v) is 5.76. The fraction of sp³-hybridized carbons (Fsp3) is 0.308. The fourth-order valence-electron chi connectivity index (χ4n) is 1.96. The molecule has 3 nitrogen and oxygen atoms in total. The molecule has 1 aromatic heterocycles. The van der Waals surface area contributed by atoms with Gasteiger partial charge in [0, 0.05) is 23.1 Å². The predicted octanol–water partition coefficient (Wildman–Crippen LogP) is 2.06. The van der Waals surface area contributed by atoms with Gasteiger partial charge in [0.1, 0.15) is 12.4 Å². The van der Waals surface area contributed by atoms with Crippen molar-refractivity contribution in [3.05, 3.63) is 36.3 Å². The molecule has 0 spiro atoms. The highest BCUT2D eigenvalue weighted by Crippen LogP contribution is 2.19. The van der Waals surface area contributed by atoms with Crippen LogP contribution >= 0.6 is 0 Å². The number of halogens is 1. The molecule has 3 rings (SSSR count). The summed E-state index contributed by atoms with van der Waals surface area (Å²) in [5.41, 5.74) is 0.886. The number of amides is 1. The highest BCUT2D eigenvalue weighted by Gasteiger charge is 2.23. The van der Waals surface area contributed by atoms with E-state index in [1.807, 2.05) is 16.8 Å². The average molecular weight is 232 g/mol. The highest BCUT2D eigenvalue weighted by molar-refractivity contribution is 5.83. The zero-order valence-corrected chi connectivity index (χ0v) is 9.32. The van der Waals surface area contributed by atoms with Crippen LogP contribution in [0.5, 0.6) is 0 Å². The van der Waals surface area contributed by atoms with Gasteiger partial charge < -0.3 is 9.88 Å². The van der Waals surface area contributed by atoms with E-state index in [9.17, 15) is 9.18 Å². The Balaban J connectivity index is 1.82. The molecular weight excluding hydrogens is 219 g/mol. The van der Waals surface area contributed by atoms with E-state index in [0.717, 1.165) is 23.7 Å². The molecule has 1 N–H and O–H groups in total. The zero-order chi connectivity index (χ0) is 11.8. The van der Waals surface area contributed by atoms with Gasteiger partial charge in [-0.25, -0.2) is 4.39 Å². The lowest BCUT2D eigenvalue weighted by molar-refractivity contribution is -0.121. The van der Waals surface area contributed by atoms with Crippen molar-refractivity contribution in [1.82, 2.24) is 9.88 Å². The summed E-state index contributed by atoms with van der Waals surface area (Å²) in [6.45, 7) is 0.297. The Morgan fingerprint density at radius 3 is 3.00 bits per heavy atom. The van der Waals surface area contributed by atoms with E-state index >= 15 is 0 Å². The number of hydrogen-bond donors (Lipinski definition) is 1. The number of carbonyl (C=O) groups is 1. The van der Waals surface area contributed by atoms with Crippen LogP contribution < -0.4 is 5.32 Å². The molecule has 1 aromatic carbocycles. The molecule has 1 saturated carbocycles. The van der Waals surface area contributed by atoms with Gasteiger partial charge in [-0.1, -0.05) is 0 Å². The first kappa shape index (κ1) is 10.3. The van der Waals surface area contributed by atoms with Crippen molar-refractivity contribution >= 4 is 16.8 Å². The third-order valence-electron chi connectivity index (χ3n) is 2.99. The number of benzene rings is 1. The minimum Gasteiger partial charge on any atom is -0.352 e. The van der Waals surface area contributed by atoms with Crippen LogP contribution in [-0.4, -0.2) is 16.5 Å². The third kappa shape index (κ3) is 2.16. The standard InChI is InChI=1S/C13H13FN2O/c14-10-1-4-12-9(7-10)5-6-16(12)8-13(17)15-11-2-3-11/h1,4-7,11H,2-3,8H2,(H,15,17). The maximum Gasteiger partial charge on any atom is 0.240 e. The summed E-state index contributed by atoms with van der Waals surface area (Å²) in [4.78, 5) is 11.7. The normalized spacial score (nSPS) is 15.1. The summed E-state index contributed by atoms with van der Waals surface area (Å²) in [6.07, 6.45) is 3.99. The molecule has 1 amide bonds. The van der Waals surface area contributed by atoms with Gasteiger partial charge in [0.15, 0.2) is 0 Å². The molecule has 0 bridgehead atoms. The first-order chi connectivity index (χ1) is 8.22. The lowest BCUT2D eigenvalue weighted by Gasteiger charge is -2.06. The lowest BCUT2D eigenvalue weighted by Crippen LogP contribution is -2.28. The van der Waals surface area contributed by atoms with Crippen molar-refractivity contribution in [1.29, 1.82) is 0 Å². The van der Waals surface area contributed by atoms with Gasteiger partial charge in [-0.3, -0.25) is 4.79 Å². The van der Waals surface area contributed by atoms with Crippen molar-refractivity contribution < 1.29 is 9.18 Å². The van der Waals surface area contributed by atoms with Crippen LogP contribution in [0.4, 0.5) is 4.39 Å². The lowest BCUT2D eigenvalue weighted by atomic mass is 10.2. The number of carbonyl (C=O) groups excluding carboxylic acids is 1. The summed E-state index contributed by atoms with van der Waals surface area (Å²) in [6, 6.07) is 6.79. The van der Waals surface area contributed by atoms with Gasteiger partial charge in [-0.15, -0.1) is 0 Å². The minimum absolute atomic E-state index is 0.0225. The van der Waals surface area contributed by atoms with Crippen LogP contribution in [0.25, 0.3) is 10.9 Å². The molecule has 2 aromatic rings. The fourth-order valence-corrected chi connectivity index (χ4v) is 1.96. The summed E-state index contributed by atoms with van der Waals surface area (Å²) in [7, 11) is 0. The van der Waals surface area contributed by atoms with E-state index in [0.29, 0.717) is 12.6 Å². The van der Waals surface area contributed by atoms with E-state index in [1.54, 1.807) is 6.07 Å². The largest absolute Gasteiger partial charge is 0.352 e. The topological polar surface area (TPSA) is 34.0 Å². The van der Waals surface area contributed by atoms with Crippen molar-refractivity contribution in [2.75, 3.05) is 0 Å². The van der Waals surface area contributed by atoms with Crippen LogP contribution in [-0.2, 0) is 11.3 Å². The first-order valence-electron chi connectivity index (χ1n) is 5.76. The quantitative estimate of drug-likeness (QED) is 0.863. The number of hydrogen-bond acceptors (Lipinski definition) is 1. The van der Waals surface area contributed by atoms with Crippen molar-refractivity contribution in [2.45, 2.75) is 25.4 Å². The highest BCUT2D eigenvalue weighted by atomic mass is 19.1. The van der Waals surface area contributed by atoms with Crippen LogP contribution in [0.2, 0.25) is 0 Å². The number of aromatic nitrogens is 1. The molecular formula is C13H13FN2O. The smallest absolute Gasteiger partial charge is 0.240 e. The number of nitrogens with one attached hydrogen (secondary N) is 1. The molecule has 17 heavy (non-hydrogen) atoms. The Morgan fingerprint density at radius 1 is 1.41 bits per heavy atom. The van der Waals surface area contributed by atoms with Crippen LogP contribution in [0.1, 0.15) is 12.8 Å². The summed E-state index contributed by atoms with van der Waals surface area (Å²) >= 11 is 0. The van der Waals surface area contributed by atoms with E-state index in [4.69, 9.17) is 0 Å². The van der Waals surface area contributed by atoms with Gasteiger partial charge in [0.05, 0.1) is 0 Å². The molecule has 0 aliphatic heterocycles. The molecule has 1 heterocycles. The second kappa shape index (κ2) is 3.87.